The summed E-state index contributed by atoms with van der Waals surface area (Å²) in [6.07, 6.45) is 0.555. The zero-order valence-electron chi connectivity index (χ0n) is 10.5. The van der Waals surface area contributed by atoms with E-state index in [2.05, 4.69) is 0 Å². The Hall–Kier alpha value is -2.56. The van der Waals surface area contributed by atoms with Crippen LogP contribution in [0.2, 0.25) is 0 Å². The van der Waals surface area contributed by atoms with Crippen LogP contribution in [0.15, 0.2) is 40.8 Å². The van der Waals surface area contributed by atoms with Crippen LogP contribution in [-0.4, -0.2) is 23.5 Å². The normalized spacial score (nSPS) is 17.1. The fraction of sp³-hybridized carbons (Fsp3) is 0.200. The molecular formula is C15H12O5. The summed E-state index contributed by atoms with van der Waals surface area (Å²) in [4.78, 5) is 23.2. The van der Waals surface area contributed by atoms with Gasteiger partial charge in [-0.2, -0.15) is 0 Å². The van der Waals surface area contributed by atoms with Crippen molar-refractivity contribution in [1.29, 1.82) is 0 Å². The van der Waals surface area contributed by atoms with E-state index in [0.717, 1.165) is 5.56 Å². The lowest BCUT2D eigenvalue weighted by Gasteiger charge is -2.24. The van der Waals surface area contributed by atoms with Gasteiger partial charge in [-0.3, -0.25) is 4.79 Å². The lowest BCUT2D eigenvalue weighted by molar-refractivity contribution is 0.0659. The summed E-state index contributed by atoms with van der Waals surface area (Å²) in [6.45, 7) is 0.458. The van der Waals surface area contributed by atoms with Crippen LogP contribution in [0.25, 0.3) is 0 Å². The van der Waals surface area contributed by atoms with Gasteiger partial charge < -0.3 is 14.3 Å². The Morgan fingerprint density at radius 1 is 1.10 bits per heavy atom. The number of ether oxygens (including phenoxy) is 1. The molecule has 0 radical (unpaired) electrons. The molecule has 1 aromatic carbocycles. The van der Waals surface area contributed by atoms with E-state index in [1.807, 2.05) is 24.3 Å². The SMILES string of the molecule is O=C(O)c1ccc(C(=O)C2CCOc3ccccc32)o1. The van der Waals surface area contributed by atoms with Crippen molar-refractivity contribution in [1.82, 2.24) is 0 Å². The second-order valence-electron chi connectivity index (χ2n) is 4.56. The number of aromatic carboxylic acids is 1. The van der Waals surface area contributed by atoms with Crippen LogP contribution in [0, 0.1) is 0 Å². The molecular weight excluding hydrogens is 260 g/mol. The number of ketones is 1. The number of carbonyl (C=O) groups is 2. The smallest absolute Gasteiger partial charge is 0.371 e. The summed E-state index contributed by atoms with van der Waals surface area (Å²) in [6, 6.07) is 10.1. The van der Waals surface area contributed by atoms with Gasteiger partial charge in [-0.25, -0.2) is 4.79 Å². The van der Waals surface area contributed by atoms with Crippen LogP contribution in [0.1, 0.15) is 39.0 Å². The first kappa shape index (κ1) is 12.5. The molecule has 3 rings (SSSR count). The van der Waals surface area contributed by atoms with Gasteiger partial charge in [0.1, 0.15) is 5.75 Å². The maximum absolute atomic E-state index is 12.5. The summed E-state index contributed by atoms with van der Waals surface area (Å²) in [5.74, 6) is -1.21. The molecule has 1 unspecified atom stereocenters. The third-order valence-electron chi connectivity index (χ3n) is 3.33. The summed E-state index contributed by atoms with van der Waals surface area (Å²) >= 11 is 0. The van der Waals surface area contributed by atoms with E-state index in [9.17, 15) is 9.59 Å². The van der Waals surface area contributed by atoms with Crippen molar-refractivity contribution < 1.29 is 23.8 Å². The molecule has 1 N–H and O–H groups in total. The zero-order valence-corrected chi connectivity index (χ0v) is 10.5. The van der Waals surface area contributed by atoms with Gasteiger partial charge in [0.25, 0.3) is 0 Å². The average Bonchev–Trinajstić information content (AvgIpc) is 2.96. The molecule has 0 bridgehead atoms. The highest BCUT2D eigenvalue weighted by molar-refractivity contribution is 6.00. The number of hydrogen-bond donors (Lipinski definition) is 1. The summed E-state index contributed by atoms with van der Waals surface area (Å²) in [5, 5.41) is 8.82. The van der Waals surface area contributed by atoms with Crippen molar-refractivity contribution in [3.63, 3.8) is 0 Å². The Bertz CT molecular complexity index is 670. The summed E-state index contributed by atoms with van der Waals surface area (Å²) < 4.78 is 10.6. The van der Waals surface area contributed by atoms with E-state index in [-0.39, 0.29) is 23.2 Å². The number of para-hydroxylation sites is 1. The maximum atomic E-state index is 12.5. The van der Waals surface area contributed by atoms with Crippen LogP contribution in [0.5, 0.6) is 5.75 Å². The highest BCUT2D eigenvalue weighted by Crippen LogP contribution is 2.35. The van der Waals surface area contributed by atoms with Crippen molar-refractivity contribution in [2.45, 2.75) is 12.3 Å². The fourth-order valence-corrected chi connectivity index (χ4v) is 2.37. The van der Waals surface area contributed by atoms with Crippen LogP contribution in [-0.2, 0) is 0 Å². The predicted octanol–water partition coefficient (Wildman–Crippen LogP) is 2.73. The number of fused-ring (bicyclic) bond motifs is 1. The minimum atomic E-state index is -1.18. The number of benzene rings is 1. The number of carboxylic acid groups (broad SMARTS) is 1. The Morgan fingerprint density at radius 2 is 1.85 bits per heavy atom. The number of carboxylic acids is 1. The monoisotopic (exact) mass is 272 g/mol. The minimum absolute atomic E-state index is 0.0732. The molecule has 5 heteroatoms. The first-order chi connectivity index (χ1) is 9.66. The number of Topliss-reactive ketones (excluding diaryl/α,β-unsaturated/α-hetero) is 1. The molecule has 5 nitrogen and oxygen atoms in total. The number of rotatable bonds is 3. The lowest BCUT2D eigenvalue weighted by atomic mass is 9.88. The number of hydrogen-bond acceptors (Lipinski definition) is 4. The number of furan rings is 1. The lowest BCUT2D eigenvalue weighted by Crippen LogP contribution is -2.21. The van der Waals surface area contributed by atoms with Crippen molar-refractivity contribution in [2.24, 2.45) is 0 Å². The molecule has 1 aliphatic rings. The highest BCUT2D eigenvalue weighted by Gasteiger charge is 2.30. The molecule has 2 heterocycles. The van der Waals surface area contributed by atoms with Gasteiger partial charge in [0.05, 0.1) is 12.5 Å². The van der Waals surface area contributed by atoms with Crippen LogP contribution >= 0.6 is 0 Å². The van der Waals surface area contributed by atoms with Gasteiger partial charge in [0.2, 0.25) is 11.5 Å². The van der Waals surface area contributed by atoms with Crippen LogP contribution < -0.4 is 4.74 Å². The second-order valence-corrected chi connectivity index (χ2v) is 4.56. The molecule has 0 aliphatic carbocycles. The van der Waals surface area contributed by atoms with Crippen molar-refractivity contribution in [2.75, 3.05) is 6.61 Å². The fourth-order valence-electron chi connectivity index (χ4n) is 2.37. The maximum Gasteiger partial charge on any atom is 0.371 e. The second kappa shape index (κ2) is 4.85. The first-order valence-corrected chi connectivity index (χ1v) is 6.26. The highest BCUT2D eigenvalue weighted by atomic mass is 16.5. The van der Waals surface area contributed by atoms with Gasteiger partial charge in [0.15, 0.2) is 5.76 Å². The molecule has 0 spiro atoms. The average molecular weight is 272 g/mol. The molecule has 1 aliphatic heterocycles. The molecule has 102 valence electrons. The van der Waals surface area contributed by atoms with E-state index >= 15 is 0 Å². The predicted molar refractivity (Wildman–Crippen MR) is 69.3 cm³/mol. The van der Waals surface area contributed by atoms with Crippen molar-refractivity contribution >= 4 is 11.8 Å². The molecule has 0 fully saturated rings. The molecule has 1 atom stereocenters. The quantitative estimate of drug-likeness (QED) is 0.869. The van der Waals surface area contributed by atoms with Crippen molar-refractivity contribution in [3.05, 3.63) is 53.5 Å². The topological polar surface area (TPSA) is 76.7 Å². The molecule has 20 heavy (non-hydrogen) atoms. The van der Waals surface area contributed by atoms with E-state index in [0.29, 0.717) is 18.8 Å². The van der Waals surface area contributed by atoms with Gasteiger partial charge in [-0.05, 0) is 24.6 Å². The Labute approximate surface area is 114 Å². The largest absolute Gasteiger partial charge is 0.493 e. The van der Waals surface area contributed by atoms with Crippen LogP contribution in [0.4, 0.5) is 0 Å². The van der Waals surface area contributed by atoms with E-state index in [1.165, 1.54) is 12.1 Å². The van der Waals surface area contributed by atoms with Gasteiger partial charge in [-0.15, -0.1) is 0 Å². The molecule has 0 amide bonds. The van der Waals surface area contributed by atoms with Gasteiger partial charge in [-0.1, -0.05) is 18.2 Å². The van der Waals surface area contributed by atoms with E-state index < -0.39 is 5.97 Å². The molecule has 0 saturated carbocycles. The molecule has 1 aromatic heterocycles. The molecule has 2 aromatic rings. The third kappa shape index (κ3) is 2.07. The standard InChI is InChI=1S/C15H12O5/c16-14(12-5-6-13(20-12)15(17)18)10-7-8-19-11-4-2-1-3-9(10)11/h1-6,10H,7-8H2,(H,17,18). The summed E-state index contributed by atoms with van der Waals surface area (Å²) in [5.41, 5.74) is 0.817. The Morgan fingerprint density at radius 3 is 2.60 bits per heavy atom. The van der Waals surface area contributed by atoms with Gasteiger partial charge in [0, 0.05) is 5.56 Å². The first-order valence-electron chi connectivity index (χ1n) is 6.26. The molecule has 0 saturated heterocycles. The Kier molecular flexibility index (Phi) is 3.02. The van der Waals surface area contributed by atoms with Crippen molar-refractivity contribution in [3.8, 4) is 5.75 Å². The third-order valence-corrected chi connectivity index (χ3v) is 3.33. The minimum Gasteiger partial charge on any atom is -0.493 e. The van der Waals surface area contributed by atoms with Crippen LogP contribution in [0.3, 0.4) is 0 Å². The van der Waals surface area contributed by atoms with Gasteiger partial charge >= 0.3 is 5.97 Å². The van der Waals surface area contributed by atoms with E-state index in [4.69, 9.17) is 14.3 Å². The Balaban J connectivity index is 1.93. The zero-order chi connectivity index (χ0) is 14.1. The summed E-state index contributed by atoms with van der Waals surface area (Å²) in [7, 11) is 0. The van der Waals surface area contributed by atoms with E-state index in [1.54, 1.807) is 0 Å². The number of carbonyl (C=O) groups excluding carboxylic acids is 1.